The summed E-state index contributed by atoms with van der Waals surface area (Å²) in [5.74, 6) is 1.17. The summed E-state index contributed by atoms with van der Waals surface area (Å²) in [5.41, 5.74) is 4.36. The van der Waals surface area contributed by atoms with Crippen molar-refractivity contribution in [2.75, 3.05) is 0 Å². The minimum Gasteiger partial charge on any atom is -0.508 e. The van der Waals surface area contributed by atoms with E-state index in [9.17, 15) is 5.11 Å². The van der Waals surface area contributed by atoms with Crippen molar-refractivity contribution >= 4 is 0 Å². The van der Waals surface area contributed by atoms with Gasteiger partial charge in [-0.15, -0.1) is 0 Å². The fourth-order valence-corrected chi connectivity index (χ4v) is 2.58. The Hall–Kier alpha value is -2.74. The molecule has 0 atom stereocenters. The average molecular weight is 318 g/mol. The summed E-state index contributed by atoms with van der Waals surface area (Å²) in [5, 5.41) is 9.38. The van der Waals surface area contributed by atoms with E-state index < -0.39 is 0 Å². The number of benzene rings is 3. The Morgan fingerprint density at radius 3 is 1.29 bits per heavy atom. The Labute approximate surface area is 143 Å². The Morgan fingerprint density at radius 1 is 0.583 bits per heavy atom. The van der Waals surface area contributed by atoms with Crippen LogP contribution in [0.5, 0.6) is 11.5 Å². The molecule has 0 heterocycles. The van der Waals surface area contributed by atoms with Gasteiger partial charge in [0.2, 0.25) is 0 Å². The molecule has 0 saturated heterocycles. The molecule has 0 bridgehead atoms. The molecule has 0 unspecified atom stereocenters. The predicted octanol–water partition coefficient (Wildman–Crippen LogP) is 5.90. The number of hydrogen-bond donors (Lipinski definition) is 1. The van der Waals surface area contributed by atoms with E-state index in [1.165, 1.54) is 5.56 Å². The lowest BCUT2D eigenvalue weighted by atomic mass is 10.0. The van der Waals surface area contributed by atoms with Crippen molar-refractivity contribution in [3.8, 4) is 33.8 Å². The highest BCUT2D eigenvalue weighted by Crippen LogP contribution is 2.28. The van der Waals surface area contributed by atoms with Crippen LogP contribution < -0.4 is 4.74 Å². The first kappa shape index (κ1) is 16.1. The molecular weight excluding hydrogens is 296 g/mol. The van der Waals surface area contributed by atoms with Crippen LogP contribution in [-0.4, -0.2) is 10.7 Å². The van der Waals surface area contributed by atoms with Crippen LogP contribution in [0.4, 0.5) is 0 Å². The average Bonchev–Trinajstić information content (AvgIpc) is 2.55. The molecule has 0 spiro atoms. The van der Waals surface area contributed by atoms with Gasteiger partial charge in [-0.05, 0) is 67.3 Å². The molecule has 3 rings (SSSR count). The first-order valence-electron chi connectivity index (χ1n) is 8.10. The lowest BCUT2D eigenvalue weighted by molar-refractivity contribution is 0.131. The third-order valence-corrected chi connectivity index (χ3v) is 3.70. The summed E-state index contributed by atoms with van der Waals surface area (Å²) >= 11 is 0. The fourth-order valence-electron chi connectivity index (χ4n) is 2.58. The number of hydrogen-bond acceptors (Lipinski definition) is 2. The Bertz CT molecular complexity index is 793. The van der Waals surface area contributed by atoms with E-state index >= 15 is 0 Å². The normalized spacial score (nSPS) is 11.3. The van der Waals surface area contributed by atoms with Gasteiger partial charge in [-0.3, -0.25) is 0 Å². The van der Waals surface area contributed by atoms with E-state index in [1.807, 2.05) is 45.0 Å². The van der Waals surface area contributed by atoms with Crippen LogP contribution in [0.3, 0.4) is 0 Å². The van der Waals surface area contributed by atoms with E-state index in [4.69, 9.17) is 4.74 Å². The van der Waals surface area contributed by atoms with Gasteiger partial charge in [-0.2, -0.15) is 0 Å². The molecule has 0 aromatic heterocycles. The van der Waals surface area contributed by atoms with Gasteiger partial charge in [0, 0.05) is 0 Å². The van der Waals surface area contributed by atoms with Crippen molar-refractivity contribution < 1.29 is 9.84 Å². The summed E-state index contributed by atoms with van der Waals surface area (Å²) in [6.07, 6.45) is 0. The predicted molar refractivity (Wildman–Crippen MR) is 99.4 cm³/mol. The van der Waals surface area contributed by atoms with Gasteiger partial charge in [0.25, 0.3) is 0 Å². The van der Waals surface area contributed by atoms with Gasteiger partial charge in [0.05, 0.1) is 0 Å². The zero-order valence-corrected chi connectivity index (χ0v) is 14.3. The number of phenolic OH excluding ortho intramolecular Hbond substituents is 1. The second-order valence-electron chi connectivity index (χ2n) is 6.86. The zero-order chi connectivity index (χ0) is 17.2. The molecule has 0 aliphatic rings. The molecule has 122 valence electrons. The fraction of sp³-hybridized carbons (Fsp3) is 0.182. The van der Waals surface area contributed by atoms with Gasteiger partial charge >= 0.3 is 0 Å². The number of rotatable bonds is 3. The Morgan fingerprint density at radius 2 is 0.917 bits per heavy atom. The third kappa shape index (κ3) is 3.96. The molecule has 3 aromatic rings. The smallest absolute Gasteiger partial charge is 0.120 e. The Kier molecular flexibility index (Phi) is 4.30. The van der Waals surface area contributed by atoms with Gasteiger partial charge in [-0.1, -0.05) is 48.5 Å². The third-order valence-electron chi connectivity index (χ3n) is 3.70. The highest BCUT2D eigenvalue weighted by molar-refractivity contribution is 5.71. The Balaban J connectivity index is 1.79. The molecule has 1 N–H and O–H groups in total. The van der Waals surface area contributed by atoms with Crippen molar-refractivity contribution in [2.45, 2.75) is 26.4 Å². The monoisotopic (exact) mass is 318 g/mol. The molecule has 0 aliphatic heterocycles. The summed E-state index contributed by atoms with van der Waals surface area (Å²) < 4.78 is 5.86. The quantitative estimate of drug-likeness (QED) is 0.651. The van der Waals surface area contributed by atoms with E-state index in [0.717, 1.165) is 22.4 Å². The number of phenols is 1. The molecule has 2 nitrogen and oxygen atoms in total. The van der Waals surface area contributed by atoms with Crippen LogP contribution >= 0.6 is 0 Å². The van der Waals surface area contributed by atoms with Crippen LogP contribution in [0, 0.1) is 0 Å². The van der Waals surface area contributed by atoms with Crippen molar-refractivity contribution in [2.24, 2.45) is 0 Å². The maximum atomic E-state index is 9.38. The first-order valence-corrected chi connectivity index (χ1v) is 8.10. The summed E-state index contributed by atoms with van der Waals surface area (Å²) in [7, 11) is 0. The van der Waals surface area contributed by atoms with Crippen molar-refractivity contribution in [1.82, 2.24) is 0 Å². The second-order valence-corrected chi connectivity index (χ2v) is 6.86. The van der Waals surface area contributed by atoms with Gasteiger partial charge in [-0.25, -0.2) is 0 Å². The number of aromatic hydroxyl groups is 1. The van der Waals surface area contributed by atoms with Crippen LogP contribution in [0.15, 0.2) is 72.8 Å². The maximum Gasteiger partial charge on any atom is 0.120 e. The van der Waals surface area contributed by atoms with Gasteiger partial charge < -0.3 is 9.84 Å². The summed E-state index contributed by atoms with van der Waals surface area (Å²) in [6, 6.07) is 23.8. The second kappa shape index (κ2) is 6.40. The van der Waals surface area contributed by atoms with Crippen LogP contribution in [-0.2, 0) is 0 Å². The van der Waals surface area contributed by atoms with Crippen molar-refractivity contribution in [1.29, 1.82) is 0 Å². The highest BCUT2D eigenvalue weighted by atomic mass is 16.5. The summed E-state index contributed by atoms with van der Waals surface area (Å²) in [6.45, 7) is 6.13. The lowest BCUT2D eigenvalue weighted by Gasteiger charge is -2.21. The van der Waals surface area contributed by atoms with Crippen LogP contribution in [0.1, 0.15) is 20.8 Å². The molecule has 0 radical (unpaired) electrons. The summed E-state index contributed by atoms with van der Waals surface area (Å²) in [4.78, 5) is 0. The van der Waals surface area contributed by atoms with E-state index in [2.05, 4.69) is 36.4 Å². The molecule has 24 heavy (non-hydrogen) atoms. The van der Waals surface area contributed by atoms with E-state index in [0.29, 0.717) is 0 Å². The molecule has 0 saturated carbocycles. The molecular formula is C22H22O2. The van der Waals surface area contributed by atoms with E-state index in [1.54, 1.807) is 12.1 Å². The van der Waals surface area contributed by atoms with Crippen LogP contribution in [0.25, 0.3) is 22.3 Å². The SMILES string of the molecule is CC(C)(C)Oc1ccc(-c2ccc(-c3ccc(O)cc3)cc2)cc1. The standard InChI is InChI=1S/C22H22O2/c1-22(2,3)24-21-14-10-19(11-15-21)17-6-4-16(5-7-17)18-8-12-20(23)13-9-18/h4-15,23H,1-3H3. The number of ether oxygens (including phenoxy) is 1. The first-order chi connectivity index (χ1) is 11.4. The molecule has 0 aliphatic carbocycles. The maximum absolute atomic E-state index is 9.38. The van der Waals surface area contributed by atoms with Gasteiger partial charge in [0.15, 0.2) is 0 Å². The largest absolute Gasteiger partial charge is 0.508 e. The lowest BCUT2D eigenvalue weighted by Crippen LogP contribution is -2.22. The van der Waals surface area contributed by atoms with Gasteiger partial charge in [0.1, 0.15) is 17.1 Å². The molecule has 0 amide bonds. The molecule has 3 aromatic carbocycles. The minimum atomic E-state index is -0.187. The molecule has 2 heteroatoms. The topological polar surface area (TPSA) is 29.5 Å². The zero-order valence-electron chi connectivity index (χ0n) is 14.3. The van der Waals surface area contributed by atoms with Crippen molar-refractivity contribution in [3.63, 3.8) is 0 Å². The van der Waals surface area contributed by atoms with E-state index in [-0.39, 0.29) is 11.4 Å². The minimum absolute atomic E-state index is 0.187. The van der Waals surface area contributed by atoms with Crippen molar-refractivity contribution in [3.05, 3.63) is 72.8 Å². The van der Waals surface area contributed by atoms with Crippen LogP contribution in [0.2, 0.25) is 0 Å². The highest BCUT2D eigenvalue weighted by Gasteiger charge is 2.11. The molecule has 0 fully saturated rings.